The van der Waals surface area contributed by atoms with Crippen LogP contribution in [0.15, 0.2) is 29.6 Å². The van der Waals surface area contributed by atoms with Gasteiger partial charge in [-0.25, -0.2) is 4.79 Å². The van der Waals surface area contributed by atoms with Crippen molar-refractivity contribution in [2.24, 2.45) is 0 Å². The average Bonchev–Trinajstić information content (AvgIpc) is 2.62. The number of benzene rings is 1. The topological polar surface area (TPSA) is 57.5 Å². The minimum atomic E-state index is -1.32. The second-order valence-corrected chi connectivity index (χ2v) is 4.23. The first-order chi connectivity index (χ1) is 7.18. The lowest BCUT2D eigenvalue weighted by Gasteiger charge is -2.03. The van der Waals surface area contributed by atoms with Crippen molar-refractivity contribution < 1.29 is 15.0 Å². The number of aliphatic carboxylic acids is 1. The lowest BCUT2D eigenvalue weighted by Crippen LogP contribution is -2.21. The van der Waals surface area contributed by atoms with Gasteiger partial charge < -0.3 is 10.2 Å². The molecule has 1 heterocycles. The minimum absolute atomic E-state index is 0.166. The van der Waals surface area contributed by atoms with Gasteiger partial charge >= 0.3 is 5.97 Å². The molecule has 0 spiro atoms. The van der Waals surface area contributed by atoms with Crippen molar-refractivity contribution in [3.8, 4) is 0 Å². The van der Waals surface area contributed by atoms with Crippen molar-refractivity contribution in [3.63, 3.8) is 0 Å². The van der Waals surface area contributed by atoms with E-state index in [-0.39, 0.29) is 6.42 Å². The van der Waals surface area contributed by atoms with Crippen molar-refractivity contribution in [1.82, 2.24) is 0 Å². The lowest BCUT2D eigenvalue weighted by molar-refractivity contribution is -0.146. The molecular formula is C11H10O3S. The van der Waals surface area contributed by atoms with Crippen molar-refractivity contribution >= 4 is 27.4 Å². The summed E-state index contributed by atoms with van der Waals surface area (Å²) in [6.07, 6.45) is -1.15. The Bertz CT molecular complexity index is 489. The Kier molecular flexibility index (Phi) is 2.70. The van der Waals surface area contributed by atoms with Crippen molar-refractivity contribution in [1.29, 1.82) is 0 Å². The van der Waals surface area contributed by atoms with Gasteiger partial charge in [0.05, 0.1) is 0 Å². The van der Waals surface area contributed by atoms with Crippen LogP contribution in [0.4, 0.5) is 0 Å². The van der Waals surface area contributed by atoms with Crippen molar-refractivity contribution in [2.45, 2.75) is 12.5 Å². The number of aliphatic hydroxyl groups excluding tert-OH is 1. The Hall–Kier alpha value is -1.39. The Morgan fingerprint density at radius 3 is 2.87 bits per heavy atom. The molecule has 1 aromatic carbocycles. The van der Waals surface area contributed by atoms with E-state index in [4.69, 9.17) is 5.11 Å². The molecule has 4 heteroatoms. The van der Waals surface area contributed by atoms with E-state index >= 15 is 0 Å². The first-order valence-electron chi connectivity index (χ1n) is 4.54. The number of rotatable bonds is 3. The summed E-state index contributed by atoms with van der Waals surface area (Å²) >= 11 is 1.56. The van der Waals surface area contributed by atoms with E-state index in [0.717, 1.165) is 15.6 Å². The summed E-state index contributed by atoms with van der Waals surface area (Å²) in [7, 11) is 0. The number of fused-ring (bicyclic) bond motifs is 1. The highest BCUT2D eigenvalue weighted by Crippen LogP contribution is 2.26. The summed E-state index contributed by atoms with van der Waals surface area (Å²) in [6, 6.07) is 7.77. The molecule has 2 rings (SSSR count). The van der Waals surface area contributed by atoms with Gasteiger partial charge in [0.1, 0.15) is 0 Å². The lowest BCUT2D eigenvalue weighted by atomic mass is 10.1. The van der Waals surface area contributed by atoms with Crippen LogP contribution in [0.25, 0.3) is 10.1 Å². The van der Waals surface area contributed by atoms with Crippen LogP contribution in [0.3, 0.4) is 0 Å². The fourth-order valence-corrected chi connectivity index (χ4v) is 2.46. The molecule has 0 saturated carbocycles. The van der Waals surface area contributed by atoms with E-state index in [1.807, 2.05) is 29.6 Å². The maximum Gasteiger partial charge on any atom is 0.332 e. The van der Waals surface area contributed by atoms with Gasteiger partial charge in [-0.05, 0) is 22.4 Å². The molecule has 0 aliphatic carbocycles. The van der Waals surface area contributed by atoms with Crippen molar-refractivity contribution in [2.75, 3.05) is 0 Å². The highest BCUT2D eigenvalue weighted by molar-refractivity contribution is 7.17. The molecule has 1 aromatic heterocycles. The third-order valence-electron chi connectivity index (χ3n) is 2.26. The molecule has 1 unspecified atom stereocenters. The zero-order chi connectivity index (χ0) is 10.8. The molecular weight excluding hydrogens is 212 g/mol. The van der Waals surface area contributed by atoms with E-state index < -0.39 is 12.1 Å². The number of thiophene rings is 1. The molecule has 0 radical (unpaired) electrons. The fourth-order valence-electron chi connectivity index (χ4n) is 1.49. The van der Waals surface area contributed by atoms with E-state index in [1.165, 1.54) is 0 Å². The monoisotopic (exact) mass is 222 g/mol. The van der Waals surface area contributed by atoms with E-state index in [1.54, 1.807) is 11.3 Å². The predicted molar refractivity (Wildman–Crippen MR) is 59.2 cm³/mol. The molecule has 15 heavy (non-hydrogen) atoms. The second-order valence-electron chi connectivity index (χ2n) is 3.32. The van der Waals surface area contributed by atoms with Gasteiger partial charge in [0.15, 0.2) is 6.10 Å². The van der Waals surface area contributed by atoms with Crippen LogP contribution in [0.5, 0.6) is 0 Å². The SMILES string of the molecule is O=C(O)C(O)Cc1csc2ccccc12. The number of hydrogen-bond donors (Lipinski definition) is 2. The quantitative estimate of drug-likeness (QED) is 0.833. The maximum atomic E-state index is 10.5. The molecule has 0 saturated heterocycles. The Labute approximate surface area is 90.6 Å². The molecule has 1 atom stereocenters. The van der Waals surface area contributed by atoms with E-state index in [2.05, 4.69) is 0 Å². The molecule has 2 N–H and O–H groups in total. The summed E-state index contributed by atoms with van der Waals surface area (Å²) < 4.78 is 1.12. The van der Waals surface area contributed by atoms with Crippen LogP contribution >= 0.6 is 11.3 Å². The minimum Gasteiger partial charge on any atom is -0.479 e. The van der Waals surface area contributed by atoms with Gasteiger partial charge in [0.2, 0.25) is 0 Å². The predicted octanol–water partition coefficient (Wildman–Crippen LogP) is 1.89. The summed E-state index contributed by atoms with van der Waals surface area (Å²) in [5, 5.41) is 20.8. The molecule has 0 bridgehead atoms. The van der Waals surface area contributed by atoms with Gasteiger partial charge in [0.25, 0.3) is 0 Å². The Balaban J connectivity index is 2.32. The molecule has 0 aliphatic rings. The van der Waals surface area contributed by atoms with Gasteiger partial charge in [-0.2, -0.15) is 0 Å². The number of hydrogen-bond acceptors (Lipinski definition) is 3. The first-order valence-corrected chi connectivity index (χ1v) is 5.42. The Morgan fingerprint density at radius 1 is 1.40 bits per heavy atom. The zero-order valence-corrected chi connectivity index (χ0v) is 8.70. The number of aliphatic hydroxyl groups is 1. The average molecular weight is 222 g/mol. The molecule has 0 amide bonds. The van der Waals surface area contributed by atoms with E-state index in [9.17, 15) is 9.90 Å². The standard InChI is InChI=1S/C11H10O3S/c12-9(11(13)14)5-7-6-15-10-4-2-1-3-8(7)10/h1-4,6,9,12H,5H2,(H,13,14). The summed E-state index contributed by atoms with van der Waals surface area (Å²) in [5.74, 6) is -1.18. The number of carboxylic acid groups (broad SMARTS) is 1. The highest BCUT2D eigenvalue weighted by Gasteiger charge is 2.15. The van der Waals surface area contributed by atoms with Gasteiger partial charge in [-0.3, -0.25) is 0 Å². The largest absolute Gasteiger partial charge is 0.479 e. The van der Waals surface area contributed by atoms with Gasteiger partial charge in [-0.15, -0.1) is 11.3 Å². The van der Waals surface area contributed by atoms with Gasteiger partial charge in [-0.1, -0.05) is 18.2 Å². The smallest absolute Gasteiger partial charge is 0.332 e. The molecule has 2 aromatic rings. The zero-order valence-electron chi connectivity index (χ0n) is 7.88. The van der Waals surface area contributed by atoms with Crippen molar-refractivity contribution in [3.05, 3.63) is 35.2 Å². The highest BCUT2D eigenvalue weighted by atomic mass is 32.1. The summed E-state index contributed by atoms with van der Waals surface area (Å²) in [5.41, 5.74) is 0.894. The van der Waals surface area contributed by atoms with Crippen LogP contribution in [0, 0.1) is 0 Å². The van der Waals surface area contributed by atoms with Crippen LogP contribution in [-0.2, 0) is 11.2 Å². The molecule has 0 fully saturated rings. The van der Waals surface area contributed by atoms with Gasteiger partial charge in [0, 0.05) is 11.1 Å². The number of carbonyl (C=O) groups is 1. The third-order valence-corrected chi connectivity index (χ3v) is 3.27. The maximum absolute atomic E-state index is 10.5. The molecule has 78 valence electrons. The molecule has 0 aliphatic heterocycles. The van der Waals surface area contributed by atoms with E-state index in [0.29, 0.717) is 0 Å². The summed E-state index contributed by atoms with van der Waals surface area (Å²) in [4.78, 5) is 10.5. The second kappa shape index (κ2) is 4.00. The van der Waals surface area contributed by atoms with Crippen LogP contribution in [-0.4, -0.2) is 22.3 Å². The van der Waals surface area contributed by atoms with Crippen LogP contribution in [0.1, 0.15) is 5.56 Å². The van der Waals surface area contributed by atoms with Crippen LogP contribution in [0.2, 0.25) is 0 Å². The normalized spacial score (nSPS) is 12.9. The third kappa shape index (κ3) is 2.00. The Morgan fingerprint density at radius 2 is 2.13 bits per heavy atom. The molecule has 3 nitrogen and oxygen atoms in total. The van der Waals surface area contributed by atoms with Crippen LogP contribution < -0.4 is 0 Å². The first kappa shape index (κ1) is 10.1. The number of carboxylic acids is 1. The fraction of sp³-hybridized carbons (Fsp3) is 0.182. The summed E-state index contributed by atoms with van der Waals surface area (Å²) in [6.45, 7) is 0.